The van der Waals surface area contributed by atoms with Crippen LogP contribution in [0.5, 0.6) is 0 Å². The Bertz CT molecular complexity index is 410. The second-order valence-electron chi connectivity index (χ2n) is 2.51. The maximum atomic E-state index is 4.40. The fourth-order valence-corrected chi connectivity index (χ4v) is 2.16. The van der Waals surface area contributed by atoms with Gasteiger partial charge in [0.2, 0.25) is 0 Å². The number of aromatic amines is 1. The number of thiol groups is 1. The van der Waals surface area contributed by atoms with Crippen molar-refractivity contribution in [1.82, 2.24) is 9.97 Å². The zero-order chi connectivity index (χ0) is 8.55. The Hall–Kier alpha value is -0.480. The van der Waals surface area contributed by atoms with Gasteiger partial charge in [0.15, 0.2) is 0 Å². The molecule has 1 aromatic heterocycles. The quantitative estimate of drug-likeness (QED) is 0.585. The van der Waals surface area contributed by atoms with Gasteiger partial charge in [-0.15, -0.1) is 12.6 Å². The first-order chi connectivity index (χ1) is 5.83. The molecule has 2 nitrogen and oxygen atoms in total. The van der Waals surface area contributed by atoms with Gasteiger partial charge in [-0.3, -0.25) is 0 Å². The van der Waals surface area contributed by atoms with Crippen LogP contribution >= 0.6 is 28.6 Å². The van der Waals surface area contributed by atoms with E-state index in [-0.39, 0.29) is 0 Å². The molecule has 0 saturated heterocycles. The number of hydrogen-bond donors (Lipinski definition) is 2. The maximum absolute atomic E-state index is 4.40. The molecule has 0 aliphatic carbocycles. The first kappa shape index (κ1) is 8.13. The largest absolute Gasteiger partial charge is 0.345 e. The SMILES string of the molecule is Sc1c(CBr)ccc2[nH]cnc12. The first-order valence-corrected chi connectivity index (χ1v) is 5.09. The summed E-state index contributed by atoms with van der Waals surface area (Å²) < 4.78 is 0. The van der Waals surface area contributed by atoms with Crippen molar-refractivity contribution in [2.75, 3.05) is 0 Å². The highest BCUT2D eigenvalue weighted by Crippen LogP contribution is 2.24. The summed E-state index contributed by atoms with van der Waals surface area (Å²) in [5, 5.41) is 0.814. The van der Waals surface area contributed by atoms with E-state index in [9.17, 15) is 0 Å². The maximum Gasteiger partial charge on any atom is 0.102 e. The van der Waals surface area contributed by atoms with Crippen molar-refractivity contribution in [3.63, 3.8) is 0 Å². The summed E-state index contributed by atoms with van der Waals surface area (Å²) in [5.41, 5.74) is 3.14. The lowest BCUT2D eigenvalue weighted by Gasteiger charge is -2.00. The third kappa shape index (κ3) is 1.15. The van der Waals surface area contributed by atoms with E-state index in [1.165, 1.54) is 0 Å². The Kier molecular flexibility index (Phi) is 2.11. The van der Waals surface area contributed by atoms with Crippen molar-refractivity contribution >= 4 is 39.6 Å². The second-order valence-corrected chi connectivity index (χ2v) is 3.51. The second kappa shape index (κ2) is 3.11. The zero-order valence-corrected chi connectivity index (χ0v) is 8.69. The number of imidazole rings is 1. The third-order valence-corrected chi connectivity index (χ3v) is 2.90. The average Bonchev–Trinajstić information content (AvgIpc) is 2.53. The topological polar surface area (TPSA) is 28.7 Å². The van der Waals surface area contributed by atoms with Gasteiger partial charge >= 0.3 is 0 Å². The van der Waals surface area contributed by atoms with Crippen molar-refractivity contribution in [1.29, 1.82) is 0 Å². The average molecular weight is 243 g/mol. The van der Waals surface area contributed by atoms with E-state index in [0.717, 1.165) is 26.8 Å². The van der Waals surface area contributed by atoms with Crippen LogP contribution in [-0.4, -0.2) is 9.97 Å². The van der Waals surface area contributed by atoms with Crippen LogP contribution in [0.3, 0.4) is 0 Å². The molecule has 0 amide bonds. The molecule has 1 aromatic carbocycles. The fraction of sp³-hybridized carbons (Fsp3) is 0.125. The van der Waals surface area contributed by atoms with Crippen molar-refractivity contribution in [3.05, 3.63) is 24.0 Å². The molecule has 2 aromatic rings. The molecule has 0 saturated carbocycles. The van der Waals surface area contributed by atoms with Gasteiger partial charge in [-0.1, -0.05) is 22.0 Å². The molecule has 0 atom stereocenters. The highest BCUT2D eigenvalue weighted by Gasteiger charge is 2.04. The molecule has 0 aliphatic heterocycles. The highest BCUT2D eigenvalue weighted by molar-refractivity contribution is 9.08. The van der Waals surface area contributed by atoms with Crippen LogP contribution < -0.4 is 0 Å². The van der Waals surface area contributed by atoms with Crippen LogP contribution in [0.1, 0.15) is 5.56 Å². The molecule has 62 valence electrons. The molecule has 1 N–H and O–H groups in total. The van der Waals surface area contributed by atoms with Crippen molar-refractivity contribution in [3.8, 4) is 0 Å². The number of H-pyrrole nitrogens is 1. The van der Waals surface area contributed by atoms with Crippen molar-refractivity contribution < 1.29 is 0 Å². The normalized spacial score (nSPS) is 10.8. The number of benzene rings is 1. The number of hydrogen-bond acceptors (Lipinski definition) is 2. The molecule has 0 unspecified atom stereocenters. The number of rotatable bonds is 1. The van der Waals surface area contributed by atoms with Gasteiger partial charge in [-0.2, -0.15) is 0 Å². The van der Waals surface area contributed by atoms with Crippen LogP contribution in [0, 0.1) is 0 Å². The minimum atomic E-state index is 0.814. The number of halogens is 1. The van der Waals surface area contributed by atoms with Gasteiger partial charge in [0.05, 0.1) is 11.8 Å². The lowest BCUT2D eigenvalue weighted by atomic mass is 10.2. The van der Waals surface area contributed by atoms with Crippen molar-refractivity contribution in [2.45, 2.75) is 10.2 Å². The number of alkyl halides is 1. The Morgan fingerprint density at radius 1 is 1.50 bits per heavy atom. The number of aromatic nitrogens is 2. The third-order valence-electron chi connectivity index (χ3n) is 1.79. The predicted octanol–water partition coefficient (Wildman–Crippen LogP) is 2.75. The molecule has 0 radical (unpaired) electrons. The molecular weight excluding hydrogens is 236 g/mol. The Labute approximate surface area is 83.9 Å². The number of nitrogens with one attached hydrogen (secondary N) is 1. The molecule has 0 fully saturated rings. The van der Waals surface area contributed by atoms with Gasteiger partial charge in [-0.05, 0) is 11.6 Å². The molecule has 12 heavy (non-hydrogen) atoms. The van der Waals surface area contributed by atoms with Crippen molar-refractivity contribution in [2.24, 2.45) is 0 Å². The summed E-state index contributed by atoms with van der Waals surface area (Å²) >= 11 is 7.79. The monoisotopic (exact) mass is 242 g/mol. The molecular formula is C8H7BrN2S. The standard InChI is InChI=1S/C8H7BrN2S/c9-3-5-1-2-6-7(8(5)12)11-4-10-6/h1-2,4,12H,3H2,(H,10,11). The van der Waals surface area contributed by atoms with E-state index in [1.807, 2.05) is 12.1 Å². The highest BCUT2D eigenvalue weighted by atomic mass is 79.9. The van der Waals surface area contributed by atoms with E-state index in [2.05, 4.69) is 38.5 Å². The lowest BCUT2D eigenvalue weighted by Crippen LogP contribution is -1.82. The minimum Gasteiger partial charge on any atom is -0.345 e. The van der Waals surface area contributed by atoms with E-state index < -0.39 is 0 Å². The van der Waals surface area contributed by atoms with Gasteiger partial charge in [0.1, 0.15) is 5.52 Å². The molecule has 1 heterocycles. The summed E-state index contributed by atoms with van der Waals surface area (Å²) in [4.78, 5) is 8.16. The van der Waals surface area contributed by atoms with Crippen LogP contribution in [0.15, 0.2) is 23.4 Å². The summed E-state index contributed by atoms with van der Waals surface area (Å²) in [6.45, 7) is 0. The molecule has 4 heteroatoms. The Morgan fingerprint density at radius 2 is 2.33 bits per heavy atom. The lowest BCUT2D eigenvalue weighted by molar-refractivity contribution is 1.29. The number of nitrogens with zero attached hydrogens (tertiary/aromatic N) is 1. The van der Waals surface area contributed by atoms with Gasteiger partial charge in [-0.25, -0.2) is 4.98 Å². The van der Waals surface area contributed by atoms with Gasteiger partial charge in [0.25, 0.3) is 0 Å². The first-order valence-electron chi connectivity index (χ1n) is 3.53. The summed E-state index contributed by atoms with van der Waals surface area (Å²) in [6.07, 6.45) is 1.68. The summed E-state index contributed by atoms with van der Waals surface area (Å²) in [5.74, 6) is 0. The molecule has 2 rings (SSSR count). The Balaban J connectivity index is 2.78. The summed E-state index contributed by atoms with van der Waals surface area (Å²) in [7, 11) is 0. The van der Waals surface area contributed by atoms with Crippen LogP contribution in [-0.2, 0) is 5.33 Å². The van der Waals surface area contributed by atoms with Crippen LogP contribution in [0.4, 0.5) is 0 Å². The smallest absolute Gasteiger partial charge is 0.102 e. The van der Waals surface area contributed by atoms with E-state index in [4.69, 9.17) is 0 Å². The van der Waals surface area contributed by atoms with E-state index >= 15 is 0 Å². The molecule has 0 bridgehead atoms. The van der Waals surface area contributed by atoms with Crippen LogP contribution in [0.2, 0.25) is 0 Å². The minimum absolute atomic E-state index is 0.814. The molecule has 0 spiro atoms. The fourth-order valence-electron chi connectivity index (χ4n) is 1.14. The number of fused-ring (bicyclic) bond motifs is 1. The van der Waals surface area contributed by atoms with E-state index in [1.54, 1.807) is 6.33 Å². The predicted molar refractivity (Wildman–Crippen MR) is 56.0 cm³/mol. The zero-order valence-electron chi connectivity index (χ0n) is 6.21. The summed E-state index contributed by atoms with van der Waals surface area (Å²) in [6, 6.07) is 4.05. The van der Waals surface area contributed by atoms with Crippen LogP contribution in [0.25, 0.3) is 11.0 Å². The molecule has 0 aliphatic rings. The Morgan fingerprint density at radius 3 is 3.08 bits per heavy atom. The van der Waals surface area contributed by atoms with Gasteiger partial charge in [0, 0.05) is 10.2 Å². The van der Waals surface area contributed by atoms with E-state index in [0.29, 0.717) is 0 Å². The van der Waals surface area contributed by atoms with Gasteiger partial charge < -0.3 is 4.98 Å².